The molecule has 4 rings (SSSR count). The number of rotatable bonds is 5. The first-order chi connectivity index (χ1) is 13.6. The van der Waals surface area contributed by atoms with Crippen LogP contribution < -0.4 is 14.4 Å². The van der Waals surface area contributed by atoms with E-state index in [9.17, 15) is 4.79 Å². The highest BCUT2D eigenvalue weighted by Gasteiger charge is 2.19. The third-order valence-electron chi connectivity index (χ3n) is 4.38. The second-order valence-electron chi connectivity index (χ2n) is 6.05. The number of carbonyl (C=O) groups excluding carboxylic acids is 1. The molecule has 2 aromatic carbocycles. The molecule has 5 nitrogen and oxygen atoms in total. The second kappa shape index (κ2) is 7.61. The number of hydrogen-bond donors (Lipinski definition) is 0. The van der Waals surface area contributed by atoms with Crippen LogP contribution in [0.5, 0.6) is 11.5 Å². The average Bonchev–Trinajstić information content (AvgIpc) is 3.39. The number of amides is 1. The average molecular weight is 411 g/mol. The molecule has 7 heteroatoms. The van der Waals surface area contributed by atoms with Crippen LogP contribution in [0.25, 0.3) is 20.1 Å². The number of fused-ring (bicyclic) bond motifs is 1. The number of thiophene rings is 1. The van der Waals surface area contributed by atoms with Gasteiger partial charge in [-0.15, -0.1) is 22.7 Å². The SMILES string of the molecule is COc1ccc(N(C)C(=O)c2ccc(-c3nc4ccccc4s3)s2)cc1OC. The summed E-state index contributed by atoms with van der Waals surface area (Å²) in [5.74, 6) is 1.13. The van der Waals surface area contributed by atoms with Crippen LogP contribution in [-0.2, 0) is 0 Å². The van der Waals surface area contributed by atoms with E-state index < -0.39 is 0 Å². The largest absolute Gasteiger partial charge is 0.493 e. The number of ether oxygens (including phenoxy) is 2. The molecular weight excluding hydrogens is 392 g/mol. The predicted octanol–water partition coefficient (Wildman–Crippen LogP) is 5.32. The van der Waals surface area contributed by atoms with E-state index in [0.717, 1.165) is 25.8 Å². The molecule has 1 amide bonds. The maximum atomic E-state index is 13.0. The van der Waals surface area contributed by atoms with Crippen LogP contribution in [0.4, 0.5) is 5.69 Å². The summed E-state index contributed by atoms with van der Waals surface area (Å²) in [5.41, 5.74) is 1.71. The lowest BCUT2D eigenvalue weighted by Gasteiger charge is -2.18. The molecule has 0 bridgehead atoms. The van der Waals surface area contributed by atoms with Crippen molar-refractivity contribution in [3.8, 4) is 21.4 Å². The maximum absolute atomic E-state index is 13.0. The molecule has 0 unspecified atom stereocenters. The van der Waals surface area contributed by atoms with Crippen molar-refractivity contribution in [2.45, 2.75) is 0 Å². The zero-order valence-electron chi connectivity index (χ0n) is 15.6. The number of methoxy groups -OCH3 is 2. The zero-order chi connectivity index (χ0) is 19.7. The first kappa shape index (κ1) is 18.5. The highest BCUT2D eigenvalue weighted by atomic mass is 32.1. The summed E-state index contributed by atoms with van der Waals surface area (Å²) in [6.07, 6.45) is 0. The molecule has 0 radical (unpaired) electrons. The van der Waals surface area contributed by atoms with Gasteiger partial charge in [0.25, 0.3) is 5.91 Å². The minimum Gasteiger partial charge on any atom is -0.493 e. The molecule has 2 heterocycles. The molecule has 0 saturated carbocycles. The summed E-state index contributed by atoms with van der Waals surface area (Å²) in [4.78, 5) is 20.9. The van der Waals surface area contributed by atoms with Gasteiger partial charge in [0, 0.05) is 18.8 Å². The van der Waals surface area contributed by atoms with Gasteiger partial charge in [0.05, 0.1) is 34.2 Å². The summed E-state index contributed by atoms with van der Waals surface area (Å²) in [6.45, 7) is 0. The summed E-state index contributed by atoms with van der Waals surface area (Å²) in [7, 11) is 4.91. The Hall–Kier alpha value is -2.90. The van der Waals surface area contributed by atoms with Gasteiger partial charge in [0.1, 0.15) is 5.01 Å². The minimum absolute atomic E-state index is 0.0791. The van der Waals surface area contributed by atoms with Crippen molar-refractivity contribution in [1.82, 2.24) is 4.98 Å². The number of anilines is 1. The molecule has 0 aliphatic carbocycles. The van der Waals surface area contributed by atoms with Crippen molar-refractivity contribution in [1.29, 1.82) is 0 Å². The monoisotopic (exact) mass is 410 g/mol. The fraction of sp³-hybridized carbons (Fsp3) is 0.143. The van der Waals surface area contributed by atoms with Gasteiger partial charge in [-0.2, -0.15) is 0 Å². The van der Waals surface area contributed by atoms with Crippen molar-refractivity contribution in [3.05, 3.63) is 59.5 Å². The predicted molar refractivity (Wildman–Crippen MR) is 115 cm³/mol. The summed E-state index contributed by atoms with van der Waals surface area (Å²) in [6, 6.07) is 17.3. The molecule has 28 heavy (non-hydrogen) atoms. The van der Waals surface area contributed by atoms with Crippen LogP contribution in [0.3, 0.4) is 0 Å². The molecule has 0 saturated heterocycles. The number of carbonyl (C=O) groups is 1. The zero-order valence-corrected chi connectivity index (χ0v) is 17.3. The van der Waals surface area contributed by atoms with Crippen LogP contribution in [0.2, 0.25) is 0 Å². The molecular formula is C21H18N2O3S2. The fourth-order valence-electron chi connectivity index (χ4n) is 2.86. The Morgan fingerprint density at radius 1 is 0.964 bits per heavy atom. The molecule has 0 N–H and O–H groups in total. The Bertz CT molecular complexity index is 1120. The van der Waals surface area contributed by atoms with Crippen molar-refractivity contribution >= 4 is 44.5 Å². The highest BCUT2D eigenvalue weighted by molar-refractivity contribution is 7.26. The normalized spacial score (nSPS) is 10.8. The van der Waals surface area contributed by atoms with Crippen LogP contribution >= 0.6 is 22.7 Å². The molecule has 0 spiro atoms. The first-order valence-corrected chi connectivity index (χ1v) is 10.2. The van der Waals surface area contributed by atoms with E-state index in [2.05, 4.69) is 11.1 Å². The van der Waals surface area contributed by atoms with Gasteiger partial charge < -0.3 is 14.4 Å². The van der Waals surface area contributed by atoms with Gasteiger partial charge in [0.2, 0.25) is 0 Å². The van der Waals surface area contributed by atoms with Gasteiger partial charge in [-0.05, 0) is 36.4 Å². The summed E-state index contributed by atoms with van der Waals surface area (Å²) >= 11 is 3.08. The lowest BCUT2D eigenvalue weighted by molar-refractivity contribution is 0.0997. The van der Waals surface area contributed by atoms with E-state index >= 15 is 0 Å². The number of nitrogens with zero attached hydrogens (tertiary/aromatic N) is 2. The number of hydrogen-bond acceptors (Lipinski definition) is 6. The number of thiazole rings is 1. The van der Waals surface area contributed by atoms with Crippen molar-refractivity contribution in [3.63, 3.8) is 0 Å². The summed E-state index contributed by atoms with van der Waals surface area (Å²) < 4.78 is 11.7. The third kappa shape index (κ3) is 3.34. The van der Waals surface area contributed by atoms with E-state index in [1.54, 1.807) is 49.6 Å². The van der Waals surface area contributed by atoms with E-state index in [1.165, 1.54) is 11.3 Å². The van der Waals surface area contributed by atoms with Gasteiger partial charge in [0.15, 0.2) is 11.5 Å². The number of benzene rings is 2. The number of para-hydroxylation sites is 1. The second-order valence-corrected chi connectivity index (χ2v) is 8.17. The lowest BCUT2D eigenvalue weighted by atomic mass is 10.2. The molecule has 0 fully saturated rings. The van der Waals surface area contributed by atoms with Gasteiger partial charge in [-0.25, -0.2) is 4.98 Å². The van der Waals surface area contributed by atoms with Crippen LogP contribution in [0.15, 0.2) is 54.6 Å². The molecule has 0 aliphatic rings. The van der Waals surface area contributed by atoms with Crippen molar-refractivity contribution in [2.75, 3.05) is 26.2 Å². The lowest BCUT2D eigenvalue weighted by Crippen LogP contribution is -2.25. The van der Waals surface area contributed by atoms with Crippen molar-refractivity contribution in [2.24, 2.45) is 0 Å². The van der Waals surface area contributed by atoms with E-state index in [-0.39, 0.29) is 5.91 Å². The van der Waals surface area contributed by atoms with Gasteiger partial charge in [-0.3, -0.25) is 4.79 Å². The molecule has 4 aromatic rings. The van der Waals surface area contributed by atoms with Crippen molar-refractivity contribution < 1.29 is 14.3 Å². The van der Waals surface area contributed by atoms with E-state index in [4.69, 9.17) is 9.47 Å². The Morgan fingerprint density at radius 3 is 2.50 bits per heavy atom. The Labute approximate surface area is 170 Å². The minimum atomic E-state index is -0.0791. The maximum Gasteiger partial charge on any atom is 0.268 e. The van der Waals surface area contributed by atoms with Gasteiger partial charge in [-0.1, -0.05) is 12.1 Å². The van der Waals surface area contributed by atoms with Crippen LogP contribution in [-0.4, -0.2) is 32.2 Å². The molecule has 142 valence electrons. The Morgan fingerprint density at radius 2 is 1.75 bits per heavy atom. The van der Waals surface area contributed by atoms with E-state index in [0.29, 0.717) is 16.4 Å². The Kier molecular flexibility index (Phi) is 5.02. The molecule has 0 atom stereocenters. The van der Waals surface area contributed by atoms with Gasteiger partial charge >= 0.3 is 0 Å². The fourth-order valence-corrected chi connectivity index (χ4v) is 4.86. The topological polar surface area (TPSA) is 51.7 Å². The number of aromatic nitrogens is 1. The first-order valence-electron chi connectivity index (χ1n) is 8.56. The Balaban J connectivity index is 1.60. The standard InChI is InChI=1S/C21H18N2O3S2/c1-23(13-8-9-15(25-2)16(12-13)26-3)21(24)19-11-10-18(27-19)20-22-14-6-4-5-7-17(14)28-20/h4-12H,1-3H3. The molecule has 2 aromatic heterocycles. The highest BCUT2D eigenvalue weighted by Crippen LogP contribution is 2.36. The third-order valence-corrected chi connectivity index (χ3v) is 6.66. The summed E-state index contributed by atoms with van der Waals surface area (Å²) in [5, 5.41) is 0.930. The smallest absolute Gasteiger partial charge is 0.268 e. The van der Waals surface area contributed by atoms with Crippen LogP contribution in [0, 0.1) is 0 Å². The van der Waals surface area contributed by atoms with Crippen LogP contribution in [0.1, 0.15) is 9.67 Å². The van der Waals surface area contributed by atoms with E-state index in [1.807, 2.05) is 36.4 Å². The molecule has 0 aliphatic heterocycles. The quantitative estimate of drug-likeness (QED) is 0.447.